The molecule has 6 nitrogen and oxygen atoms in total. The summed E-state index contributed by atoms with van der Waals surface area (Å²) in [6.07, 6.45) is 7.50. The fourth-order valence-electron chi connectivity index (χ4n) is 5.15. The number of benzene rings is 1. The molecule has 3 aliphatic rings. The molecule has 1 saturated carbocycles. The summed E-state index contributed by atoms with van der Waals surface area (Å²) in [5.74, 6) is 0.921. The minimum atomic E-state index is -0.00607. The average Bonchev–Trinajstić information content (AvgIpc) is 3.19. The van der Waals surface area contributed by atoms with Gasteiger partial charge >= 0.3 is 0 Å². The SMILES string of the molecule is O=C(N[C@@H]1COC[C@H]1Cc1ccnc2ccccc12)C1CCN(C(=O)C2CCC2)CC1. The van der Waals surface area contributed by atoms with E-state index in [2.05, 4.69) is 22.4 Å². The van der Waals surface area contributed by atoms with Crippen LogP contribution in [0, 0.1) is 17.8 Å². The number of nitrogens with zero attached hydrogens (tertiary/aromatic N) is 2. The molecule has 1 aromatic heterocycles. The maximum Gasteiger partial charge on any atom is 0.225 e. The van der Waals surface area contributed by atoms with Gasteiger partial charge in [-0.15, -0.1) is 0 Å². The Morgan fingerprint density at radius 1 is 1.03 bits per heavy atom. The monoisotopic (exact) mass is 421 g/mol. The Balaban J connectivity index is 1.17. The number of ether oxygens (including phenoxy) is 1. The zero-order valence-electron chi connectivity index (χ0n) is 18.0. The van der Waals surface area contributed by atoms with Crippen LogP contribution in [0.3, 0.4) is 0 Å². The predicted octanol–water partition coefficient (Wildman–Crippen LogP) is 2.95. The zero-order chi connectivity index (χ0) is 21.2. The third-order valence-electron chi connectivity index (χ3n) is 7.38. The van der Waals surface area contributed by atoms with Crippen molar-refractivity contribution in [2.45, 2.75) is 44.6 Å². The summed E-state index contributed by atoms with van der Waals surface area (Å²) in [6.45, 7) is 2.65. The molecule has 2 amide bonds. The van der Waals surface area contributed by atoms with Crippen molar-refractivity contribution in [1.29, 1.82) is 0 Å². The van der Waals surface area contributed by atoms with Crippen LogP contribution in [-0.2, 0) is 20.7 Å². The molecule has 0 radical (unpaired) electrons. The van der Waals surface area contributed by atoms with Gasteiger partial charge in [0.15, 0.2) is 0 Å². The molecule has 0 bridgehead atoms. The highest BCUT2D eigenvalue weighted by Crippen LogP contribution is 2.30. The maximum atomic E-state index is 13.0. The summed E-state index contributed by atoms with van der Waals surface area (Å²) in [6, 6.07) is 10.3. The van der Waals surface area contributed by atoms with Crippen molar-refractivity contribution in [2.75, 3.05) is 26.3 Å². The molecule has 3 fully saturated rings. The molecule has 2 atom stereocenters. The number of fused-ring (bicyclic) bond motifs is 1. The molecular weight excluding hydrogens is 390 g/mol. The van der Waals surface area contributed by atoms with Crippen LogP contribution >= 0.6 is 0 Å². The summed E-state index contributed by atoms with van der Waals surface area (Å²) in [7, 11) is 0. The van der Waals surface area contributed by atoms with E-state index in [1.54, 1.807) is 0 Å². The van der Waals surface area contributed by atoms with Gasteiger partial charge in [-0.25, -0.2) is 0 Å². The second-order valence-electron chi connectivity index (χ2n) is 9.33. The van der Waals surface area contributed by atoms with Crippen LogP contribution in [0.5, 0.6) is 0 Å². The lowest BCUT2D eigenvalue weighted by molar-refractivity contribution is -0.141. The number of likely N-dealkylation sites (tertiary alicyclic amines) is 1. The fourth-order valence-corrected chi connectivity index (χ4v) is 5.15. The van der Waals surface area contributed by atoms with Gasteiger partial charge in [0.05, 0.1) is 24.8 Å². The lowest BCUT2D eigenvalue weighted by atomic mass is 9.83. The number of nitrogens with one attached hydrogen (secondary N) is 1. The van der Waals surface area contributed by atoms with Gasteiger partial charge in [-0.3, -0.25) is 14.6 Å². The number of piperidine rings is 1. The standard InChI is InChI=1S/C25H31N3O3/c29-24(17-9-12-28(13-10-17)25(30)18-4-3-5-18)27-23-16-31-15-20(23)14-19-8-11-26-22-7-2-1-6-21(19)22/h1-2,6-8,11,17-18,20,23H,3-5,9-10,12-16H2,(H,27,29)/t20-,23-/m1/s1. The number of rotatable bonds is 5. The number of carbonyl (C=O) groups excluding carboxylic acids is 2. The number of para-hydroxylation sites is 1. The zero-order valence-corrected chi connectivity index (χ0v) is 18.0. The molecule has 31 heavy (non-hydrogen) atoms. The highest BCUT2D eigenvalue weighted by molar-refractivity contribution is 5.82. The first-order chi connectivity index (χ1) is 15.2. The van der Waals surface area contributed by atoms with Crippen molar-refractivity contribution >= 4 is 22.7 Å². The third-order valence-corrected chi connectivity index (χ3v) is 7.38. The molecule has 1 aromatic carbocycles. The van der Waals surface area contributed by atoms with Gasteiger partial charge in [0.2, 0.25) is 11.8 Å². The first-order valence-electron chi connectivity index (χ1n) is 11.7. The number of amides is 2. The van der Waals surface area contributed by atoms with Crippen molar-refractivity contribution in [2.24, 2.45) is 17.8 Å². The molecule has 2 aromatic rings. The third kappa shape index (κ3) is 4.31. The van der Waals surface area contributed by atoms with Crippen LogP contribution in [-0.4, -0.2) is 54.0 Å². The quantitative estimate of drug-likeness (QED) is 0.806. The molecule has 0 unspecified atom stereocenters. The second kappa shape index (κ2) is 8.95. The predicted molar refractivity (Wildman–Crippen MR) is 118 cm³/mol. The van der Waals surface area contributed by atoms with Crippen LogP contribution in [0.1, 0.15) is 37.7 Å². The van der Waals surface area contributed by atoms with Gasteiger partial charge < -0.3 is 15.0 Å². The number of pyridine rings is 1. The number of aromatic nitrogens is 1. The van der Waals surface area contributed by atoms with Gasteiger partial charge in [0.1, 0.15) is 0 Å². The fraction of sp³-hybridized carbons (Fsp3) is 0.560. The van der Waals surface area contributed by atoms with E-state index in [0.29, 0.717) is 32.2 Å². The van der Waals surface area contributed by atoms with Gasteiger partial charge in [0, 0.05) is 42.4 Å². The summed E-state index contributed by atoms with van der Waals surface area (Å²) >= 11 is 0. The van der Waals surface area contributed by atoms with E-state index in [1.807, 2.05) is 29.3 Å². The van der Waals surface area contributed by atoms with Crippen molar-refractivity contribution in [3.63, 3.8) is 0 Å². The molecule has 0 spiro atoms. The van der Waals surface area contributed by atoms with E-state index in [4.69, 9.17) is 4.74 Å². The van der Waals surface area contributed by atoms with Crippen LogP contribution in [0.25, 0.3) is 10.9 Å². The maximum absolute atomic E-state index is 13.0. The van der Waals surface area contributed by atoms with Crippen molar-refractivity contribution in [3.05, 3.63) is 42.1 Å². The normalized spacial score (nSPS) is 24.8. The topological polar surface area (TPSA) is 71.5 Å². The first kappa shape index (κ1) is 20.4. The second-order valence-corrected chi connectivity index (χ2v) is 9.33. The van der Waals surface area contributed by atoms with Crippen LogP contribution in [0.2, 0.25) is 0 Å². The Morgan fingerprint density at radius 2 is 1.84 bits per heavy atom. The van der Waals surface area contributed by atoms with Crippen molar-refractivity contribution < 1.29 is 14.3 Å². The summed E-state index contributed by atoms with van der Waals surface area (Å²) in [4.78, 5) is 31.8. The smallest absolute Gasteiger partial charge is 0.225 e. The largest absolute Gasteiger partial charge is 0.379 e. The average molecular weight is 422 g/mol. The Kier molecular flexibility index (Phi) is 5.90. The minimum absolute atomic E-state index is 0.00607. The van der Waals surface area contributed by atoms with E-state index in [0.717, 1.165) is 37.6 Å². The van der Waals surface area contributed by atoms with Gasteiger partial charge in [-0.1, -0.05) is 24.6 Å². The number of hydrogen-bond donors (Lipinski definition) is 1. The number of carbonyl (C=O) groups is 2. The Hall–Kier alpha value is -2.47. The summed E-state index contributed by atoms with van der Waals surface area (Å²) < 4.78 is 5.75. The lowest BCUT2D eigenvalue weighted by Crippen LogP contribution is -2.48. The van der Waals surface area contributed by atoms with Crippen molar-refractivity contribution in [3.8, 4) is 0 Å². The Bertz CT molecular complexity index is 945. The molecule has 5 rings (SSSR count). The highest BCUT2D eigenvalue weighted by Gasteiger charge is 2.35. The molecule has 164 valence electrons. The molecule has 2 aliphatic heterocycles. The van der Waals surface area contributed by atoms with E-state index < -0.39 is 0 Å². The molecule has 3 heterocycles. The minimum Gasteiger partial charge on any atom is -0.379 e. The summed E-state index contributed by atoms with van der Waals surface area (Å²) in [5.41, 5.74) is 2.26. The Morgan fingerprint density at radius 3 is 2.61 bits per heavy atom. The van der Waals surface area contributed by atoms with E-state index in [1.165, 1.54) is 17.4 Å². The molecule has 6 heteroatoms. The van der Waals surface area contributed by atoms with Gasteiger partial charge in [-0.05, 0) is 49.8 Å². The summed E-state index contributed by atoms with van der Waals surface area (Å²) in [5, 5.41) is 4.44. The molecule has 2 saturated heterocycles. The van der Waals surface area contributed by atoms with Crippen LogP contribution in [0.15, 0.2) is 36.5 Å². The molecular formula is C25H31N3O3. The van der Waals surface area contributed by atoms with Crippen LogP contribution in [0.4, 0.5) is 0 Å². The molecule has 1 N–H and O–H groups in total. The molecule has 1 aliphatic carbocycles. The van der Waals surface area contributed by atoms with E-state index in [9.17, 15) is 9.59 Å². The lowest BCUT2D eigenvalue weighted by Gasteiger charge is -2.36. The van der Waals surface area contributed by atoms with Crippen LogP contribution < -0.4 is 5.32 Å². The highest BCUT2D eigenvalue weighted by atomic mass is 16.5. The number of hydrogen-bond acceptors (Lipinski definition) is 4. The van der Waals surface area contributed by atoms with E-state index in [-0.39, 0.29) is 29.7 Å². The van der Waals surface area contributed by atoms with E-state index >= 15 is 0 Å². The van der Waals surface area contributed by atoms with Crippen molar-refractivity contribution in [1.82, 2.24) is 15.2 Å². The van der Waals surface area contributed by atoms with Gasteiger partial charge in [0.25, 0.3) is 0 Å². The van der Waals surface area contributed by atoms with Gasteiger partial charge in [-0.2, -0.15) is 0 Å². The Labute approximate surface area is 183 Å². The first-order valence-corrected chi connectivity index (χ1v) is 11.7.